The van der Waals surface area contributed by atoms with Gasteiger partial charge in [0.15, 0.2) is 0 Å². The summed E-state index contributed by atoms with van der Waals surface area (Å²) in [5, 5.41) is 0. The quantitative estimate of drug-likeness (QED) is 0.602. The van der Waals surface area contributed by atoms with E-state index in [-0.39, 0.29) is 0 Å². The molecular formula is C8H9NS. The second-order valence-corrected chi connectivity index (χ2v) is 2.64. The Morgan fingerprint density at radius 1 is 1.70 bits per heavy atom. The molecule has 0 unspecified atom stereocenters. The van der Waals surface area contributed by atoms with E-state index in [0.717, 1.165) is 5.69 Å². The molecule has 0 fully saturated rings. The van der Waals surface area contributed by atoms with Crippen LogP contribution in [0.25, 0.3) is 6.08 Å². The van der Waals surface area contributed by atoms with E-state index in [2.05, 4.69) is 11.6 Å². The van der Waals surface area contributed by atoms with E-state index < -0.39 is 0 Å². The van der Waals surface area contributed by atoms with E-state index in [1.54, 1.807) is 24.0 Å². The highest BCUT2D eigenvalue weighted by Gasteiger charge is 1.94. The molecular weight excluding hydrogens is 142 g/mol. The minimum atomic E-state index is 0.968. The van der Waals surface area contributed by atoms with Crippen LogP contribution in [0.4, 0.5) is 0 Å². The molecule has 0 spiro atoms. The minimum Gasteiger partial charge on any atom is -0.256 e. The first kappa shape index (κ1) is 7.35. The molecule has 1 aromatic rings. The van der Waals surface area contributed by atoms with Crippen LogP contribution in [0.3, 0.4) is 0 Å². The van der Waals surface area contributed by atoms with Gasteiger partial charge < -0.3 is 0 Å². The molecule has 0 saturated carbocycles. The Labute approximate surface area is 65.2 Å². The first-order chi connectivity index (χ1) is 4.88. The third-order valence-electron chi connectivity index (χ3n) is 1.21. The van der Waals surface area contributed by atoms with Crippen molar-refractivity contribution in [2.75, 3.05) is 6.26 Å². The average molecular weight is 151 g/mol. The van der Waals surface area contributed by atoms with E-state index in [9.17, 15) is 0 Å². The van der Waals surface area contributed by atoms with Gasteiger partial charge >= 0.3 is 0 Å². The molecule has 1 heterocycles. The van der Waals surface area contributed by atoms with Gasteiger partial charge in [-0.15, -0.1) is 11.8 Å². The van der Waals surface area contributed by atoms with Crippen LogP contribution in [0, 0.1) is 0 Å². The largest absolute Gasteiger partial charge is 0.256 e. The van der Waals surface area contributed by atoms with E-state index in [4.69, 9.17) is 0 Å². The second kappa shape index (κ2) is 3.42. The van der Waals surface area contributed by atoms with Gasteiger partial charge in [0.25, 0.3) is 0 Å². The Morgan fingerprint density at radius 2 is 2.50 bits per heavy atom. The summed E-state index contributed by atoms with van der Waals surface area (Å²) in [4.78, 5) is 5.31. The maximum Gasteiger partial charge on any atom is 0.0759 e. The third-order valence-corrected chi connectivity index (χ3v) is 2.00. The van der Waals surface area contributed by atoms with Crippen molar-refractivity contribution in [3.63, 3.8) is 0 Å². The average Bonchev–Trinajstić information content (AvgIpc) is 2.04. The fourth-order valence-corrected chi connectivity index (χ4v) is 1.29. The Hall–Kier alpha value is -0.760. The van der Waals surface area contributed by atoms with Crippen LogP contribution >= 0.6 is 11.8 Å². The van der Waals surface area contributed by atoms with Gasteiger partial charge in [0.1, 0.15) is 0 Å². The van der Waals surface area contributed by atoms with E-state index >= 15 is 0 Å². The first-order valence-electron chi connectivity index (χ1n) is 3.00. The molecule has 0 N–H and O–H groups in total. The molecule has 0 amide bonds. The van der Waals surface area contributed by atoms with Crippen LogP contribution in [0.1, 0.15) is 5.69 Å². The minimum absolute atomic E-state index is 0.968. The lowest BCUT2D eigenvalue weighted by Gasteiger charge is -1.97. The van der Waals surface area contributed by atoms with Crippen LogP contribution in [0.2, 0.25) is 0 Å². The van der Waals surface area contributed by atoms with E-state index in [0.29, 0.717) is 0 Å². The maximum absolute atomic E-state index is 4.13. The molecule has 0 atom stereocenters. The lowest BCUT2D eigenvalue weighted by atomic mass is 10.3. The van der Waals surface area contributed by atoms with Gasteiger partial charge in [0, 0.05) is 11.1 Å². The smallest absolute Gasteiger partial charge is 0.0759 e. The highest BCUT2D eigenvalue weighted by molar-refractivity contribution is 7.98. The monoisotopic (exact) mass is 151 g/mol. The summed E-state index contributed by atoms with van der Waals surface area (Å²) in [5.41, 5.74) is 0.968. The molecule has 1 nitrogen and oxygen atoms in total. The Balaban J connectivity index is 3.08. The van der Waals surface area contributed by atoms with Crippen molar-refractivity contribution in [3.05, 3.63) is 30.6 Å². The van der Waals surface area contributed by atoms with E-state index in [1.165, 1.54) is 4.90 Å². The molecule has 0 aliphatic heterocycles. The Morgan fingerprint density at radius 3 is 3.00 bits per heavy atom. The molecule has 1 rings (SSSR count). The lowest BCUT2D eigenvalue weighted by molar-refractivity contribution is 1.21. The molecule has 2 heteroatoms. The summed E-state index contributed by atoms with van der Waals surface area (Å²) in [6.45, 7) is 3.66. The normalized spacial score (nSPS) is 9.30. The molecule has 0 radical (unpaired) electrons. The first-order valence-corrected chi connectivity index (χ1v) is 4.22. The van der Waals surface area contributed by atoms with Crippen LogP contribution in [-0.2, 0) is 0 Å². The zero-order chi connectivity index (χ0) is 7.40. The van der Waals surface area contributed by atoms with Crippen LogP contribution in [0.5, 0.6) is 0 Å². The van der Waals surface area contributed by atoms with Gasteiger partial charge in [0.05, 0.1) is 5.69 Å². The predicted octanol–water partition coefficient (Wildman–Crippen LogP) is 2.45. The Bertz CT molecular complexity index is 232. The highest BCUT2D eigenvalue weighted by atomic mass is 32.2. The van der Waals surface area contributed by atoms with Crippen molar-refractivity contribution in [2.45, 2.75) is 4.90 Å². The number of hydrogen-bond donors (Lipinski definition) is 0. The summed E-state index contributed by atoms with van der Waals surface area (Å²) < 4.78 is 0. The number of aromatic nitrogens is 1. The SMILES string of the molecule is C=Cc1ncccc1SC. The summed E-state index contributed by atoms with van der Waals surface area (Å²) in [6, 6.07) is 3.97. The Kier molecular flexibility index (Phi) is 2.51. The van der Waals surface area contributed by atoms with Gasteiger partial charge in [0.2, 0.25) is 0 Å². The van der Waals surface area contributed by atoms with Crippen LogP contribution < -0.4 is 0 Å². The van der Waals surface area contributed by atoms with Crippen molar-refractivity contribution >= 4 is 17.8 Å². The summed E-state index contributed by atoms with van der Waals surface area (Å²) in [6.07, 6.45) is 5.58. The fraction of sp³-hybridized carbons (Fsp3) is 0.125. The van der Waals surface area contributed by atoms with Gasteiger partial charge in [-0.05, 0) is 24.5 Å². The lowest BCUT2D eigenvalue weighted by Crippen LogP contribution is -1.81. The van der Waals surface area contributed by atoms with E-state index in [1.807, 2.05) is 18.4 Å². The molecule has 52 valence electrons. The molecule has 10 heavy (non-hydrogen) atoms. The number of nitrogens with zero attached hydrogens (tertiary/aromatic N) is 1. The highest BCUT2D eigenvalue weighted by Crippen LogP contribution is 2.17. The molecule has 0 saturated heterocycles. The van der Waals surface area contributed by atoms with Crippen LogP contribution in [-0.4, -0.2) is 11.2 Å². The van der Waals surface area contributed by atoms with Gasteiger partial charge in [-0.25, -0.2) is 0 Å². The zero-order valence-electron chi connectivity index (χ0n) is 5.87. The summed E-state index contributed by atoms with van der Waals surface area (Å²) in [5.74, 6) is 0. The number of hydrogen-bond acceptors (Lipinski definition) is 2. The molecule has 0 aromatic carbocycles. The van der Waals surface area contributed by atoms with Crippen molar-refractivity contribution in [2.24, 2.45) is 0 Å². The summed E-state index contributed by atoms with van der Waals surface area (Å²) in [7, 11) is 0. The van der Waals surface area contributed by atoms with Gasteiger partial charge in [-0.2, -0.15) is 0 Å². The van der Waals surface area contributed by atoms with Crippen molar-refractivity contribution in [1.29, 1.82) is 0 Å². The second-order valence-electron chi connectivity index (χ2n) is 1.80. The fourth-order valence-electron chi connectivity index (χ4n) is 0.729. The number of rotatable bonds is 2. The molecule has 1 aromatic heterocycles. The van der Waals surface area contributed by atoms with Crippen molar-refractivity contribution in [1.82, 2.24) is 4.98 Å². The molecule has 0 aliphatic carbocycles. The van der Waals surface area contributed by atoms with Crippen molar-refractivity contribution in [3.8, 4) is 0 Å². The third kappa shape index (κ3) is 1.39. The molecule has 0 aliphatic rings. The molecule has 0 bridgehead atoms. The summed E-state index contributed by atoms with van der Waals surface area (Å²) >= 11 is 1.69. The zero-order valence-corrected chi connectivity index (χ0v) is 6.69. The van der Waals surface area contributed by atoms with Gasteiger partial charge in [-0.1, -0.05) is 6.58 Å². The van der Waals surface area contributed by atoms with Crippen molar-refractivity contribution < 1.29 is 0 Å². The van der Waals surface area contributed by atoms with Gasteiger partial charge in [-0.3, -0.25) is 4.98 Å². The topological polar surface area (TPSA) is 12.9 Å². The number of thioether (sulfide) groups is 1. The van der Waals surface area contributed by atoms with Crippen LogP contribution in [0.15, 0.2) is 29.8 Å². The maximum atomic E-state index is 4.13. The number of pyridine rings is 1. The predicted molar refractivity (Wildman–Crippen MR) is 46.1 cm³/mol. The standard InChI is InChI=1S/C8H9NS/c1-3-7-8(10-2)5-4-6-9-7/h3-6H,1H2,2H3.